The summed E-state index contributed by atoms with van der Waals surface area (Å²) in [5, 5.41) is 0.846. The number of halogens is 1. The fourth-order valence-corrected chi connectivity index (χ4v) is 1.82. The maximum atomic E-state index is 5.93. The summed E-state index contributed by atoms with van der Waals surface area (Å²) in [5.41, 5.74) is 1.35. The minimum Gasteiger partial charge on any atom is -0.331 e. The van der Waals surface area contributed by atoms with Crippen LogP contribution in [0.1, 0.15) is 18.4 Å². The van der Waals surface area contributed by atoms with Crippen LogP contribution < -0.4 is 0 Å². The molecule has 0 aliphatic heterocycles. The maximum absolute atomic E-state index is 5.93. The lowest BCUT2D eigenvalue weighted by molar-refractivity contribution is -0.870. The Bertz CT molecular complexity index is 302. The summed E-state index contributed by atoms with van der Waals surface area (Å²) in [6.45, 7) is 1.24. The quantitative estimate of drug-likeness (QED) is 0.534. The molecule has 0 N–H and O–H groups in total. The standard InChI is InChI=1S/C13H21ClN/c1-15(2,3)10-5-4-7-12-8-6-9-13(14)11-12/h6,8-9,11H,4-5,7,10H2,1-3H3/q+1. The van der Waals surface area contributed by atoms with E-state index in [1.165, 1.54) is 24.9 Å². The number of rotatable bonds is 5. The summed E-state index contributed by atoms with van der Waals surface area (Å²) >= 11 is 5.93. The summed E-state index contributed by atoms with van der Waals surface area (Å²) in [4.78, 5) is 0. The first kappa shape index (κ1) is 12.5. The summed E-state index contributed by atoms with van der Waals surface area (Å²) < 4.78 is 1.05. The largest absolute Gasteiger partial charge is 0.331 e. The molecular weight excluding hydrogens is 206 g/mol. The van der Waals surface area contributed by atoms with Crippen LogP contribution in [0.2, 0.25) is 5.02 Å². The van der Waals surface area contributed by atoms with Crippen LogP contribution in [0.5, 0.6) is 0 Å². The van der Waals surface area contributed by atoms with Crippen LogP contribution in [0.25, 0.3) is 0 Å². The van der Waals surface area contributed by atoms with Gasteiger partial charge in [0.05, 0.1) is 27.7 Å². The summed E-state index contributed by atoms with van der Waals surface area (Å²) in [6.07, 6.45) is 3.66. The lowest BCUT2D eigenvalue weighted by Gasteiger charge is -2.23. The number of unbranched alkanes of at least 4 members (excludes halogenated alkanes) is 1. The lowest BCUT2D eigenvalue weighted by atomic mass is 10.1. The van der Waals surface area contributed by atoms with Crippen LogP contribution in [0, 0.1) is 0 Å². The van der Waals surface area contributed by atoms with Crippen LogP contribution in [-0.2, 0) is 6.42 Å². The number of nitrogens with zero attached hydrogens (tertiary/aromatic N) is 1. The molecule has 0 unspecified atom stereocenters. The van der Waals surface area contributed by atoms with Crippen molar-refractivity contribution < 1.29 is 4.48 Å². The molecule has 1 aromatic rings. The number of benzene rings is 1. The Kier molecular flexibility index (Phi) is 4.62. The molecule has 0 atom stereocenters. The molecule has 15 heavy (non-hydrogen) atoms. The Balaban J connectivity index is 2.26. The third-order valence-corrected chi connectivity index (χ3v) is 2.67. The second kappa shape index (κ2) is 5.53. The molecule has 0 fully saturated rings. The van der Waals surface area contributed by atoms with Gasteiger partial charge in [-0.25, -0.2) is 0 Å². The van der Waals surface area contributed by atoms with Crippen molar-refractivity contribution in [1.82, 2.24) is 0 Å². The third-order valence-electron chi connectivity index (χ3n) is 2.43. The molecule has 1 aromatic carbocycles. The predicted molar refractivity (Wildman–Crippen MR) is 67.3 cm³/mol. The molecule has 0 aliphatic carbocycles. The van der Waals surface area contributed by atoms with Crippen molar-refractivity contribution in [2.45, 2.75) is 19.3 Å². The van der Waals surface area contributed by atoms with E-state index < -0.39 is 0 Å². The van der Waals surface area contributed by atoms with Gasteiger partial charge in [0.1, 0.15) is 0 Å². The van der Waals surface area contributed by atoms with Crippen molar-refractivity contribution in [3.8, 4) is 0 Å². The van der Waals surface area contributed by atoms with Crippen molar-refractivity contribution in [3.05, 3.63) is 34.9 Å². The summed E-state index contributed by atoms with van der Waals surface area (Å²) in [5.74, 6) is 0. The van der Waals surface area contributed by atoms with Gasteiger partial charge in [-0.2, -0.15) is 0 Å². The van der Waals surface area contributed by atoms with E-state index in [4.69, 9.17) is 11.6 Å². The molecule has 1 nitrogen and oxygen atoms in total. The molecular formula is C13H21ClN+. The van der Waals surface area contributed by atoms with Crippen molar-refractivity contribution in [2.75, 3.05) is 27.7 Å². The van der Waals surface area contributed by atoms with E-state index in [1.807, 2.05) is 12.1 Å². The SMILES string of the molecule is C[N+](C)(C)CCCCc1cccc(Cl)c1. The molecule has 0 saturated heterocycles. The molecule has 0 bridgehead atoms. The van der Waals surface area contributed by atoms with E-state index in [-0.39, 0.29) is 0 Å². The van der Waals surface area contributed by atoms with Crippen molar-refractivity contribution in [2.24, 2.45) is 0 Å². The summed E-state index contributed by atoms with van der Waals surface area (Å²) in [7, 11) is 6.71. The van der Waals surface area contributed by atoms with Gasteiger partial charge in [-0.15, -0.1) is 0 Å². The van der Waals surface area contributed by atoms with Gasteiger partial charge < -0.3 is 4.48 Å². The molecule has 0 heterocycles. The van der Waals surface area contributed by atoms with Crippen LogP contribution in [0.4, 0.5) is 0 Å². The first-order chi connectivity index (χ1) is 6.97. The van der Waals surface area contributed by atoms with Gasteiger partial charge in [0, 0.05) is 5.02 Å². The van der Waals surface area contributed by atoms with Crippen LogP contribution in [-0.4, -0.2) is 32.2 Å². The first-order valence-electron chi connectivity index (χ1n) is 5.52. The van der Waals surface area contributed by atoms with Crippen LogP contribution in [0.3, 0.4) is 0 Å². The Hall–Kier alpha value is -0.530. The highest BCUT2D eigenvalue weighted by molar-refractivity contribution is 6.30. The van der Waals surface area contributed by atoms with Gasteiger partial charge in [-0.3, -0.25) is 0 Å². The van der Waals surface area contributed by atoms with Crippen LogP contribution >= 0.6 is 11.6 Å². The third kappa shape index (κ3) is 5.81. The molecule has 0 radical (unpaired) electrons. The lowest BCUT2D eigenvalue weighted by Crippen LogP contribution is -2.35. The van der Waals surface area contributed by atoms with Crippen molar-refractivity contribution >= 4 is 11.6 Å². The van der Waals surface area contributed by atoms with E-state index in [0.717, 1.165) is 15.9 Å². The molecule has 0 spiro atoms. The highest BCUT2D eigenvalue weighted by Gasteiger charge is 2.05. The Labute approximate surface area is 98.3 Å². The zero-order valence-electron chi connectivity index (χ0n) is 9.96. The van der Waals surface area contributed by atoms with E-state index in [9.17, 15) is 0 Å². The number of aryl methyl sites for hydroxylation is 1. The van der Waals surface area contributed by atoms with Gasteiger partial charge in [-0.1, -0.05) is 23.7 Å². The number of hydrogen-bond donors (Lipinski definition) is 0. The fraction of sp³-hybridized carbons (Fsp3) is 0.538. The molecule has 2 heteroatoms. The molecule has 1 rings (SSSR count). The molecule has 0 aromatic heterocycles. The van der Waals surface area contributed by atoms with Gasteiger partial charge >= 0.3 is 0 Å². The van der Waals surface area contributed by atoms with Crippen molar-refractivity contribution in [3.63, 3.8) is 0 Å². The zero-order valence-corrected chi connectivity index (χ0v) is 10.7. The highest BCUT2D eigenvalue weighted by Crippen LogP contribution is 2.13. The van der Waals surface area contributed by atoms with Gasteiger partial charge in [0.15, 0.2) is 0 Å². The normalized spacial score (nSPS) is 11.7. The number of quaternary nitrogens is 1. The second-order valence-electron chi connectivity index (χ2n) is 5.10. The van der Waals surface area contributed by atoms with E-state index in [1.54, 1.807) is 0 Å². The fourth-order valence-electron chi connectivity index (χ4n) is 1.61. The average molecular weight is 227 g/mol. The topological polar surface area (TPSA) is 0 Å². The maximum Gasteiger partial charge on any atom is 0.0780 e. The van der Waals surface area contributed by atoms with E-state index in [2.05, 4.69) is 33.3 Å². The Morgan fingerprint density at radius 2 is 1.87 bits per heavy atom. The Morgan fingerprint density at radius 1 is 1.13 bits per heavy atom. The van der Waals surface area contributed by atoms with Crippen LogP contribution in [0.15, 0.2) is 24.3 Å². The first-order valence-corrected chi connectivity index (χ1v) is 5.90. The Morgan fingerprint density at radius 3 is 2.47 bits per heavy atom. The van der Waals surface area contributed by atoms with Gasteiger partial charge in [0.2, 0.25) is 0 Å². The predicted octanol–water partition coefficient (Wildman–Crippen LogP) is 3.37. The van der Waals surface area contributed by atoms with Crippen molar-refractivity contribution in [1.29, 1.82) is 0 Å². The second-order valence-corrected chi connectivity index (χ2v) is 5.54. The average Bonchev–Trinajstić information content (AvgIpc) is 2.11. The highest BCUT2D eigenvalue weighted by atomic mass is 35.5. The van der Waals surface area contributed by atoms with E-state index >= 15 is 0 Å². The van der Waals surface area contributed by atoms with Gasteiger partial charge in [-0.05, 0) is 37.0 Å². The summed E-state index contributed by atoms with van der Waals surface area (Å²) in [6, 6.07) is 8.17. The minimum absolute atomic E-state index is 0.846. The van der Waals surface area contributed by atoms with Gasteiger partial charge in [0.25, 0.3) is 0 Å². The monoisotopic (exact) mass is 226 g/mol. The molecule has 84 valence electrons. The zero-order chi connectivity index (χ0) is 11.3. The van der Waals surface area contributed by atoms with E-state index in [0.29, 0.717) is 0 Å². The smallest absolute Gasteiger partial charge is 0.0780 e. The molecule has 0 aliphatic rings. The minimum atomic E-state index is 0.846. The number of hydrogen-bond acceptors (Lipinski definition) is 0. The molecule has 0 amide bonds. The molecule has 0 saturated carbocycles.